The Hall–Kier alpha value is -0.120. The Morgan fingerprint density at radius 3 is 3.21 bits per heavy atom. The standard InChI is InChI=1S/C11H21NO2/c1-2-4-10(13)11-7-12-6-3-5-9(12)8-14-11/h9-11,13H,2-8H2,1H3. The molecule has 2 saturated heterocycles. The number of hydrogen-bond acceptors (Lipinski definition) is 3. The van der Waals surface area contributed by atoms with Gasteiger partial charge in [-0.05, 0) is 25.8 Å². The molecule has 0 amide bonds. The highest BCUT2D eigenvalue weighted by Gasteiger charge is 2.34. The van der Waals surface area contributed by atoms with Crippen molar-refractivity contribution < 1.29 is 9.84 Å². The van der Waals surface area contributed by atoms with Crippen LogP contribution in [-0.2, 0) is 4.74 Å². The van der Waals surface area contributed by atoms with Gasteiger partial charge in [-0.1, -0.05) is 13.3 Å². The van der Waals surface area contributed by atoms with Gasteiger partial charge in [-0.25, -0.2) is 0 Å². The van der Waals surface area contributed by atoms with E-state index < -0.39 is 0 Å². The average Bonchev–Trinajstić information content (AvgIpc) is 2.64. The monoisotopic (exact) mass is 199 g/mol. The maximum absolute atomic E-state index is 9.84. The molecule has 2 fully saturated rings. The van der Waals surface area contributed by atoms with Crippen molar-refractivity contribution in [2.75, 3.05) is 19.7 Å². The van der Waals surface area contributed by atoms with Gasteiger partial charge in [-0.2, -0.15) is 0 Å². The van der Waals surface area contributed by atoms with Crippen LogP contribution in [0.15, 0.2) is 0 Å². The lowest BCUT2D eigenvalue weighted by molar-refractivity contribution is -0.104. The number of aliphatic hydroxyl groups is 1. The Labute approximate surface area is 86.0 Å². The molecular formula is C11H21NO2. The van der Waals surface area contributed by atoms with Gasteiger partial charge in [0.15, 0.2) is 0 Å². The molecule has 0 aromatic carbocycles. The number of hydrogen-bond donors (Lipinski definition) is 1. The van der Waals surface area contributed by atoms with E-state index in [1.54, 1.807) is 0 Å². The van der Waals surface area contributed by atoms with Crippen LogP contribution < -0.4 is 0 Å². The summed E-state index contributed by atoms with van der Waals surface area (Å²) < 4.78 is 5.71. The van der Waals surface area contributed by atoms with Crippen LogP contribution in [0.1, 0.15) is 32.6 Å². The van der Waals surface area contributed by atoms with Gasteiger partial charge in [-0.3, -0.25) is 4.90 Å². The van der Waals surface area contributed by atoms with Crippen LogP contribution in [0.2, 0.25) is 0 Å². The van der Waals surface area contributed by atoms with Crippen molar-refractivity contribution in [3.63, 3.8) is 0 Å². The highest BCUT2D eigenvalue weighted by Crippen LogP contribution is 2.24. The van der Waals surface area contributed by atoms with Gasteiger partial charge in [0.25, 0.3) is 0 Å². The number of rotatable bonds is 3. The van der Waals surface area contributed by atoms with Crippen LogP contribution in [0, 0.1) is 0 Å². The van der Waals surface area contributed by atoms with Gasteiger partial charge in [0.05, 0.1) is 18.8 Å². The lowest BCUT2D eigenvalue weighted by atomic mass is 10.1. The summed E-state index contributed by atoms with van der Waals surface area (Å²) in [5.74, 6) is 0. The summed E-state index contributed by atoms with van der Waals surface area (Å²) in [5.41, 5.74) is 0. The molecule has 2 aliphatic rings. The fraction of sp³-hybridized carbons (Fsp3) is 1.00. The molecular weight excluding hydrogens is 178 g/mol. The highest BCUT2D eigenvalue weighted by atomic mass is 16.5. The third-order valence-electron chi connectivity index (χ3n) is 3.43. The number of aliphatic hydroxyl groups excluding tert-OH is 1. The van der Waals surface area contributed by atoms with Gasteiger partial charge < -0.3 is 9.84 Å². The molecule has 3 heteroatoms. The van der Waals surface area contributed by atoms with Crippen LogP contribution in [0.5, 0.6) is 0 Å². The first kappa shape index (κ1) is 10.4. The minimum absolute atomic E-state index is 0.0595. The predicted molar refractivity (Wildman–Crippen MR) is 55.2 cm³/mol. The lowest BCUT2D eigenvalue weighted by Gasteiger charge is -2.37. The average molecular weight is 199 g/mol. The number of nitrogens with zero attached hydrogens (tertiary/aromatic N) is 1. The summed E-state index contributed by atoms with van der Waals surface area (Å²) in [5, 5.41) is 9.84. The molecule has 1 N–H and O–H groups in total. The van der Waals surface area contributed by atoms with Crippen molar-refractivity contribution in [2.24, 2.45) is 0 Å². The molecule has 0 aromatic rings. The molecule has 2 rings (SSSR count). The van der Waals surface area contributed by atoms with Crippen molar-refractivity contribution in [3.8, 4) is 0 Å². The fourth-order valence-electron chi connectivity index (χ4n) is 2.56. The molecule has 0 aliphatic carbocycles. The number of fused-ring (bicyclic) bond motifs is 1. The third-order valence-corrected chi connectivity index (χ3v) is 3.43. The summed E-state index contributed by atoms with van der Waals surface area (Å²) in [6, 6.07) is 0.639. The van der Waals surface area contributed by atoms with Crippen LogP contribution in [0.3, 0.4) is 0 Å². The summed E-state index contributed by atoms with van der Waals surface area (Å²) in [4.78, 5) is 2.48. The molecule has 0 bridgehead atoms. The molecule has 0 saturated carbocycles. The van der Waals surface area contributed by atoms with Gasteiger partial charge in [-0.15, -0.1) is 0 Å². The van der Waals surface area contributed by atoms with Crippen molar-refractivity contribution >= 4 is 0 Å². The second-order valence-electron chi connectivity index (χ2n) is 4.52. The van der Waals surface area contributed by atoms with E-state index in [1.165, 1.54) is 19.4 Å². The number of morpholine rings is 1. The predicted octanol–water partition coefficient (Wildman–Crippen LogP) is 1.01. The summed E-state index contributed by atoms with van der Waals surface area (Å²) in [6.07, 6.45) is 4.26. The maximum Gasteiger partial charge on any atom is 0.0961 e. The minimum atomic E-state index is -0.262. The molecule has 3 atom stereocenters. The molecule has 3 unspecified atom stereocenters. The molecule has 82 valence electrons. The van der Waals surface area contributed by atoms with Crippen molar-refractivity contribution in [3.05, 3.63) is 0 Å². The quantitative estimate of drug-likeness (QED) is 0.736. The zero-order valence-corrected chi connectivity index (χ0v) is 8.98. The molecule has 2 aliphatic heterocycles. The Morgan fingerprint density at radius 1 is 1.57 bits per heavy atom. The fourth-order valence-corrected chi connectivity index (χ4v) is 2.56. The first-order chi connectivity index (χ1) is 6.81. The van der Waals surface area contributed by atoms with Crippen molar-refractivity contribution in [1.82, 2.24) is 4.90 Å². The van der Waals surface area contributed by atoms with E-state index in [0.717, 1.165) is 26.0 Å². The molecule has 0 radical (unpaired) electrons. The number of ether oxygens (including phenoxy) is 1. The van der Waals surface area contributed by atoms with E-state index in [2.05, 4.69) is 11.8 Å². The second-order valence-corrected chi connectivity index (χ2v) is 4.52. The maximum atomic E-state index is 9.84. The molecule has 14 heavy (non-hydrogen) atoms. The Bertz CT molecular complexity index is 186. The van der Waals surface area contributed by atoms with E-state index >= 15 is 0 Å². The van der Waals surface area contributed by atoms with Crippen molar-refractivity contribution in [2.45, 2.75) is 50.9 Å². The Kier molecular flexibility index (Phi) is 3.42. The molecule has 2 heterocycles. The zero-order valence-electron chi connectivity index (χ0n) is 8.98. The smallest absolute Gasteiger partial charge is 0.0961 e. The van der Waals surface area contributed by atoms with E-state index in [4.69, 9.17) is 4.74 Å². The van der Waals surface area contributed by atoms with E-state index in [1.807, 2.05) is 0 Å². The summed E-state index contributed by atoms with van der Waals surface area (Å²) in [6.45, 7) is 5.06. The van der Waals surface area contributed by atoms with Crippen LogP contribution in [0.25, 0.3) is 0 Å². The van der Waals surface area contributed by atoms with Gasteiger partial charge in [0.2, 0.25) is 0 Å². The van der Waals surface area contributed by atoms with Gasteiger partial charge in [0.1, 0.15) is 0 Å². The minimum Gasteiger partial charge on any atom is -0.390 e. The Balaban J connectivity index is 1.84. The zero-order chi connectivity index (χ0) is 9.97. The molecule has 0 spiro atoms. The SMILES string of the molecule is CCCC(O)C1CN2CCCC2CO1. The van der Waals surface area contributed by atoms with Crippen LogP contribution in [0.4, 0.5) is 0 Å². The molecule has 3 nitrogen and oxygen atoms in total. The largest absolute Gasteiger partial charge is 0.390 e. The van der Waals surface area contributed by atoms with Gasteiger partial charge >= 0.3 is 0 Å². The highest BCUT2D eigenvalue weighted by molar-refractivity contribution is 4.87. The van der Waals surface area contributed by atoms with Gasteiger partial charge in [0, 0.05) is 12.6 Å². The first-order valence-electron chi connectivity index (χ1n) is 5.85. The summed E-state index contributed by atoms with van der Waals surface area (Å²) >= 11 is 0. The third kappa shape index (κ3) is 2.10. The van der Waals surface area contributed by atoms with E-state index in [0.29, 0.717) is 6.04 Å². The molecule has 0 aromatic heterocycles. The normalized spacial score (nSPS) is 35.6. The topological polar surface area (TPSA) is 32.7 Å². The van der Waals surface area contributed by atoms with E-state index in [-0.39, 0.29) is 12.2 Å². The summed E-state index contributed by atoms with van der Waals surface area (Å²) in [7, 11) is 0. The van der Waals surface area contributed by atoms with E-state index in [9.17, 15) is 5.11 Å². The Morgan fingerprint density at radius 2 is 2.43 bits per heavy atom. The first-order valence-corrected chi connectivity index (χ1v) is 5.85. The second kappa shape index (κ2) is 4.60. The van der Waals surface area contributed by atoms with Crippen LogP contribution >= 0.6 is 0 Å². The van der Waals surface area contributed by atoms with Crippen molar-refractivity contribution in [1.29, 1.82) is 0 Å². The lowest BCUT2D eigenvalue weighted by Crippen LogP contribution is -2.50. The van der Waals surface area contributed by atoms with Crippen LogP contribution in [-0.4, -0.2) is 48.0 Å².